The lowest BCUT2D eigenvalue weighted by atomic mass is 9.80. The van der Waals surface area contributed by atoms with Crippen LogP contribution in [-0.2, 0) is 31.4 Å². The standard InChI is InChI=1S/C20H19F3O4.C13H14BrF3O3.C7H7BO3/c1-19(2,3)27-18(25)12-26-17-8-7-15(20(21,22)23)10-16(17)14-6-4-5-13(9-14)11-24;1-12(2,3)20-11(18)7-19-10-5-4-8(6-9(10)14)13(15,16)17;9-5-6-2-1-3-7(4-6)8(10)11/h4-11H,12H2,1-3H3;4-6H,7H2,1-3H3;1-5,10-11H. The zero-order valence-corrected chi connectivity index (χ0v) is 33.6. The van der Waals surface area contributed by atoms with Gasteiger partial charge in [0, 0.05) is 16.7 Å². The number of halogens is 7. The SMILES string of the molecule is CC(C)(C)OC(=O)COc1ccc(C(F)(F)F)cc1-c1cccc(C=O)c1.CC(C)(C)OC(=O)COc1ccc(C(F)(F)F)cc1Br.O=Cc1cccc(B(O)O)c1. The third kappa shape index (κ3) is 17.5. The predicted octanol–water partition coefficient (Wildman–Crippen LogP) is 8.27. The Kier molecular flexibility index (Phi) is 17.7. The van der Waals surface area contributed by atoms with E-state index in [9.17, 15) is 45.5 Å². The second-order valence-electron chi connectivity index (χ2n) is 14.0. The van der Waals surface area contributed by atoms with Gasteiger partial charge in [-0.25, -0.2) is 9.59 Å². The van der Waals surface area contributed by atoms with E-state index in [0.29, 0.717) is 34.7 Å². The van der Waals surface area contributed by atoms with Crippen molar-refractivity contribution in [1.29, 1.82) is 0 Å². The van der Waals surface area contributed by atoms with Crippen LogP contribution in [0.5, 0.6) is 11.5 Å². The third-order valence-electron chi connectivity index (χ3n) is 6.78. The lowest BCUT2D eigenvalue weighted by Gasteiger charge is -2.20. The van der Waals surface area contributed by atoms with Crippen LogP contribution in [0.1, 0.15) is 73.4 Å². The fourth-order valence-electron chi connectivity index (χ4n) is 4.44. The molecular weight excluding hydrogens is 845 g/mol. The van der Waals surface area contributed by atoms with Crippen LogP contribution in [0, 0.1) is 0 Å². The minimum atomic E-state index is -4.54. The molecule has 0 aliphatic rings. The number of benzene rings is 4. The number of hydrogen-bond donors (Lipinski definition) is 2. The molecule has 4 aromatic carbocycles. The summed E-state index contributed by atoms with van der Waals surface area (Å²) in [6.07, 6.45) is -7.71. The molecule has 0 heterocycles. The first-order valence-corrected chi connectivity index (χ1v) is 17.8. The van der Waals surface area contributed by atoms with Gasteiger partial charge in [0.2, 0.25) is 0 Å². The van der Waals surface area contributed by atoms with Crippen molar-refractivity contribution in [2.75, 3.05) is 13.2 Å². The van der Waals surface area contributed by atoms with Crippen molar-refractivity contribution >= 4 is 53.0 Å². The summed E-state index contributed by atoms with van der Waals surface area (Å²) in [6.45, 7) is 9.37. The molecule has 58 heavy (non-hydrogen) atoms. The van der Waals surface area contributed by atoms with Crippen LogP contribution >= 0.6 is 15.9 Å². The maximum Gasteiger partial charge on any atom is 0.488 e. The summed E-state index contributed by atoms with van der Waals surface area (Å²) in [4.78, 5) is 44.5. The van der Waals surface area contributed by atoms with Gasteiger partial charge in [0.15, 0.2) is 13.2 Å². The highest BCUT2D eigenvalue weighted by atomic mass is 79.9. The van der Waals surface area contributed by atoms with Crippen molar-refractivity contribution < 1.29 is 74.5 Å². The minimum absolute atomic E-state index is 0.0805. The molecule has 0 aliphatic heterocycles. The van der Waals surface area contributed by atoms with Crippen molar-refractivity contribution in [3.05, 3.63) is 112 Å². The molecule has 10 nitrogen and oxygen atoms in total. The topological polar surface area (TPSA) is 146 Å². The number of alkyl halides is 6. The Morgan fingerprint density at radius 2 is 1.09 bits per heavy atom. The summed E-state index contributed by atoms with van der Waals surface area (Å²) in [6, 6.07) is 18.1. The van der Waals surface area contributed by atoms with E-state index < -0.39 is 60.3 Å². The van der Waals surface area contributed by atoms with E-state index in [-0.39, 0.29) is 28.1 Å². The quantitative estimate of drug-likeness (QED) is 0.0691. The average molecular weight is 885 g/mol. The number of carbonyl (C=O) groups is 4. The minimum Gasteiger partial charge on any atom is -0.481 e. The molecule has 312 valence electrons. The lowest BCUT2D eigenvalue weighted by molar-refractivity contribution is -0.158. The van der Waals surface area contributed by atoms with E-state index in [1.54, 1.807) is 65.8 Å². The van der Waals surface area contributed by atoms with E-state index in [0.717, 1.165) is 36.4 Å². The Morgan fingerprint density at radius 3 is 1.53 bits per heavy atom. The van der Waals surface area contributed by atoms with Crippen molar-refractivity contribution in [3.63, 3.8) is 0 Å². The first-order valence-electron chi connectivity index (χ1n) is 17.0. The van der Waals surface area contributed by atoms with E-state index in [1.807, 2.05) is 0 Å². The summed E-state index contributed by atoms with van der Waals surface area (Å²) >= 11 is 2.97. The van der Waals surface area contributed by atoms with Crippen molar-refractivity contribution in [2.45, 2.75) is 65.1 Å². The first kappa shape index (κ1) is 49.0. The Morgan fingerprint density at radius 1 is 0.638 bits per heavy atom. The van der Waals surface area contributed by atoms with Gasteiger partial charge in [-0.2, -0.15) is 26.3 Å². The molecule has 0 unspecified atom stereocenters. The van der Waals surface area contributed by atoms with Gasteiger partial charge < -0.3 is 29.0 Å². The van der Waals surface area contributed by atoms with Gasteiger partial charge in [-0.15, -0.1) is 0 Å². The molecule has 2 N–H and O–H groups in total. The summed E-state index contributed by atoms with van der Waals surface area (Å²) in [7, 11) is -1.50. The molecular formula is C40H40BBrF6O10. The number of hydrogen-bond acceptors (Lipinski definition) is 10. The number of carbonyl (C=O) groups excluding carboxylic acids is 4. The summed E-state index contributed by atoms with van der Waals surface area (Å²) in [5.41, 5.74) is -1.44. The van der Waals surface area contributed by atoms with Gasteiger partial charge in [0.1, 0.15) is 35.3 Å². The fraction of sp³-hybridized carbons (Fsp3) is 0.300. The molecule has 0 radical (unpaired) electrons. The molecule has 0 saturated carbocycles. The smallest absolute Gasteiger partial charge is 0.481 e. The Labute approximate surface area is 339 Å². The highest BCUT2D eigenvalue weighted by molar-refractivity contribution is 9.10. The van der Waals surface area contributed by atoms with Gasteiger partial charge in [-0.05, 0) is 111 Å². The summed E-state index contributed by atoms with van der Waals surface area (Å²) < 4.78 is 97.5. The van der Waals surface area contributed by atoms with Crippen LogP contribution in [0.3, 0.4) is 0 Å². The van der Waals surface area contributed by atoms with E-state index in [2.05, 4.69) is 15.9 Å². The van der Waals surface area contributed by atoms with Gasteiger partial charge in [-0.3, -0.25) is 9.59 Å². The van der Waals surface area contributed by atoms with E-state index in [4.69, 9.17) is 29.0 Å². The summed E-state index contributed by atoms with van der Waals surface area (Å²) in [5, 5.41) is 17.4. The third-order valence-corrected chi connectivity index (χ3v) is 7.40. The van der Waals surface area contributed by atoms with Crippen molar-refractivity contribution in [1.82, 2.24) is 0 Å². The molecule has 0 fully saturated rings. The zero-order chi connectivity index (χ0) is 44.1. The zero-order valence-electron chi connectivity index (χ0n) is 32.0. The van der Waals surface area contributed by atoms with Crippen LogP contribution in [-0.4, -0.2) is 66.1 Å². The van der Waals surface area contributed by atoms with Crippen LogP contribution in [0.15, 0.2) is 89.4 Å². The van der Waals surface area contributed by atoms with Gasteiger partial charge in [0.05, 0.1) is 15.6 Å². The molecule has 0 saturated heterocycles. The number of ether oxygens (including phenoxy) is 4. The molecule has 4 aromatic rings. The molecule has 0 spiro atoms. The highest BCUT2D eigenvalue weighted by Gasteiger charge is 2.32. The van der Waals surface area contributed by atoms with Crippen molar-refractivity contribution in [3.8, 4) is 22.6 Å². The van der Waals surface area contributed by atoms with Crippen LogP contribution in [0.2, 0.25) is 0 Å². The molecule has 4 rings (SSSR count). The maximum absolute atomic E-state index is 13.1. The van der Waals surface area contributed by atoms with Crippen LogP contribution in [0.25, 0.3) is 11.1 Å². The number of rotatable bonds is 10. The lowest BCUT2D eigenvalue weighted by Crippen LogP contribution is -2.29. The van der Waals surface area contributed by atoms with Crippen LogP contribution < -0.4 is 14.9 Å². The molecule has 0 aromatic heterocycles. The predicted molar refractivity (Wildman–Crippen MR) is 206 cm³/mol. The first-order chi connectivity index (χ1) is 26.7. The Bertz CT molecular complexity index is 2020. The highest BCUT2D eigenvalue weighted by Crippen LogP contribution is 2.38. The Hall–Kier alpha value is -5.20. The average Bonchev–Trinajstić information content (AvgIpc) is 3.11. The van der Waals surface area contributed by atoms with E-state index >= 15 is 0 Å². The number of esters is 2. The van der Waals surface area contributed by atoms with Crippen molar-refractivity contribution in [2.24, 2.45) is 0 Å². The second kappa shape index (κ2) is 21.0. The Balaban J connectivity index is 0.000000327. The van der Waals surface area contributed by atoms with Gasteiger partial charge in [0.25, 0.3) is 0 Å². The normalized spacial score (nSPS) is 11.4. The van der Waals surface area contributed by atoms with Crippen LogP contribution in [0.4, 0.5) is 26.3 Å². The molecule has 0 bridgehead atoms. The molecule has 0 atom stereocenters. The molecule has 18 heteroatoms. The van der Waals surface area contributed by atoms with E-state index in [1.165, 1.54) is 24.3 Å². The summed E-state index contributed by atoms with van der Waals surface area (Å²) in [5.74, 6) is -1.01. The second-order valence-corrected chi connectivity index (χ2v) is 14.9. The molecule has 0 aliphatic carbocycles. The molecule has 0 amide bonds. The maximum atomic E-state index is 13.1. The van der Waals surface area contributed by atoms with Gasteiger partial charge in [-0.1, -0.05) is 42.5 Å². The van der Waals surface area contributed by atoms with Gasteiger partial charge >= 0.3 is 31.4 Å². The monoisotopic (exact) mass is 884 g/mol. The number of aldehydes is 2. The largest absolute Gasteiger partial charge is 0.488 e. The fourth-order valence-corrected chi connectivity index (χ4v) is 4.93.